The standard InChI is InChI=1S/C20H20N6/c1-26-10-7-15(8-11-26)24-19-6-9-22-18-5-4-17(25-20(18)19)14-2-3-16(12-21)23-13-14/h2-6,9,13,15H,7-8,10-11H2,1H3,(H,22,24). The van der Waals surface area contributed by atoms with Crippen molar-refractivity contribution in [3.63, 3.8) is 0 Å². The zero-order chi connectivity index (χ0) is 17.9. The SMILES string of the molecule is CN1CCC(Nc2ccnc3ccc(-c4ccc(C#N)nc4)nc23)CC1. The fourth-order valence-electron chi connectivity index (χ4n) is 3.29. The normalized spacial score (nSPS) is 15.7. The Morgan fingerprint density at radius 1 is 1.12 bits per heavy atom. The molecule has 0 aliphatic carbocycles. The average molecular weight is 344 g/mol. The molecule has 130 valence electrons. The van der Waals surface area contributed by atoms with E-state index >= 15 is 0 Å². The zero-order valence-corrected chi connectivity index (χ0v) is 14.7. The van der Waals surface area contributed by atoms with Crippen LogP contribution in [0.5, 0.6) is 0 Å². The van der Waals surface area contributed by atoms with Crippen molar-refractivity contribution in [1.82, 2.24) is 19.9 Å². The van der Waals surface area contributed by atoms with Crippen LogP contribution in [0.15, 0.2) is 42.7 Å². The van der Waals surface area contributed by atoms with Crippen LogP contribution in [0.4, 0.5) is 5.69 Å². The van der Waals surface area contributed by atoms with Gasteiger partial charge in [-0.1, -0.05) is 0 Å². The lowest BCUT2D eigenvalue weighted by atomic mass is 10.0. The summed E-state index contributed by atoms with van der Waals surface area (Å²) >= 11 is 0. The van der Waals surface area contributed by atoms with E-state index in [1.54, 1.807) is 12.3 Å². The van der Waals surface area contributed by atoms with E-state index in [0.717, 1.165) is 53.9 Å². The Labute approximate surface area is 152 Å². The van der Waals surface area contributed by atoms with Gasteiger partial charge in [0.05, 0.1) is 16.9 Å². The monoisotopic (exact) mass is 344 g/mol. The van der Waals surface area contributed by atoms with Crippen molar-refractivity contribution in [1.29, 1.82) is 5.26 Å². The van der Waals surface area contributed by atoms with Crippen LogP contribution in [0.25, 0.3) is 22.3 Å². The smallest absolute Gasteiger partial charge is 0.140 e. The molecule has 26 heavy (non-hydrogen) atoms. The molecule has 4 heterocycles. The molecule has 3 aromatic rings. The maximum atomic E-state index is 8.90. The summed E-state index contributed by atoms with van der Waals surface area (Å²) in [4.78, 5) is 15.8. The lowest BCUT2D eigenvalue weighted by Crippen LogP contribution is -2.36. The summed E-state index contributed by atoms with van der Waals surface area (Å²) in [5, 5.41) is 12.6. The van der Waals surface area contributed by atoms with Crippen LogP contribution in [-0.4, -0.2) is 46.0 Å². The summed E-state index contributed by atoms with van der Waals surface area (Å²) in [7, 11) is 2.16. The highest BCUT2D eigenvalue weighted by molar-refractivity contribution is 5.89. The van der Waals surface area contributed by atoms with Gasteiger partial charge >= 0.3 is 0 Å². The molecule has 0 radical (unpaired) electrons. The fraction of sp³-hybridized carbons (Fsp3) is 0.300. The number of aromatic nitrogens is 3. The lowest BCUT2D eigenvalue weighted by molar-refractivity contribution is 0.264. The van der Waals surface area contributed by atoms with Crippen molar-refractivity contribution in [2.45, 2.75) is 18.9 Å². The molecule has 3 aromatic heterocycles. The van der Waals surface area contributed by atoms with Crippen LogP contribution in [-0.2, 0) is 0 Å². The van der Waals surface area contributed by atoms with Crippen molar-refractivity contribution >= 4 is 16.7 Å². The van der Waals surface area contributed by atoms with Crippen molar-refractivity contribution in [2.24, 2.45) is 0 Å². The first-order valence-corrected chi connectivity index (χ1v) is 8.80. The number of anilines is 1. The third-order valence-electron chi connectivity index (χ3n) is 4.84. The molecule has 4 rings (SSSR count). The number of nitriles is 1. The maximum absolute atomic E-state index is 8.90. The van der Waals surface area contributed by atoms with E-state index in [-0.39, 0.29) is 0 Å². The molecular formula is C20H20N6. The maximum Gasteiger partial charge on any atom is 0.140 e. The van der Waals surface area contributed by atoms with Gasteiger partial charge in [0.2, 0.25) is 0 Å². The molecule has 1 N–H and O–H groups in total. The molecule has 0 bridgehead atoms. The Morgan fingerprint density at radius 2 is 1.96 bits per heavy atom. The molecule has 0 saturated carbocycles. The first kappa shape index (κ1) is 16.4. The Balaban J connectivity index is 1.66. The molecule has 0 spiro atoms. The summed E-state index contributed by atoms with van der Waals surface area (Å²) in [6.45, 7) is 2.21. The van der Waals surface area contributed by atoms with E-state index in [9.17, 15) is 0 Å². The highest BCUT2D eigenvalue weighted by atomic mass is 15.1. The molecule has 6 heteroatoms. The van der Waals surface area contributed by atoms with Gasteiger partial charge in [0, 0.05) is 24.0 Å². The predicted octanol–water partition coefficient (Wildman–Crippen LogP) is 3.07. The van der Waals surface area contributed by atoms with E-state index in [1.165, 1.54) is 0 Å². The van der Waals surface area contributed by atoms with Crippen molar-refractivity contribution < 1.29 is 0 Å². The fourth-order valence-corrected chi connectivity index (χ4v) is 3.29. The first-order chi connectivity index (χ1) is 12.7. The molecular weight excluding hydrogens is 324 g/mol. The molecule has 1 saturated heterocycles. The van der Waals surface area contributed by atoms with Crippen molar-refractivity contribution in [3.05, 3.63) is 48.4 Å². The second-order valence-corrected chi connectivity index (χ2v) is 6.69. The predicted molar refractivity (Wildman–Crippen MR) is 102 cm³/mol. The third-order valence-corrected chi connectivity index (χ3v) is 4.84. The van der Waals surface area contributed by atoms with E-state index in [1.807, 2.05) is 36.5 Å². The van der Waals surface area contributed by atoms with Gasteiger partial charge in [-0.25, -0.2) is 9.97 Å². The molecule has 6 nitrogen and oxygen atoms in total. The second-order valence-electron chi connectivity index (χ2n) is 6.69. The van der Waals surface area contributed by atoms with Crippen LogP contribution in [0, 0.1) is 11.3 Å². The minimum Gasteiger partial charge on any atom is -0.380 e. The Kier molecular flexibility index (Phi) is 4.46. The van der Waals surface area contributed by atoms with Crippen LogP contribution < -0.4 is 5.32 Å². The Hall–Kier alpha value is -3.04. The van der Waals surface area contributed by atoms with Gasteiger partial charge < -0.3 is 10.2 Å². The zero-order valence-electron chi connectivity index (χ0n) is 14.7. The quantitative estimate of drug-likeness (QED) is 0.787. The molecule has 0 amide bonds. The number of hydrogen-bond acceptors (Lipinski definition) is 6. The number of pyridine rings is 3. The van der Waals surface area contributed by atoms with E-state index in [2.05, 4.69) is 27.2 Å². The van der Waals surface area contributed by atoms with Crippen LogP contribution >= 0.6 is 0 Å². The summed E-state index contributed by atoms with van der Waals surface area (Å²) in [6, 6.07) is 12.0. The van der Waals surface area contributed by atoms with Gasteiger partial charge in [-0.2, -0.15) is 5.26 Å². The first-order valence-electron chi connectivity index (χ1n) is 8.80. The molecule has 0 aromatic carbocycles. The van der Waals surface area contributed by atoms with Crippen molar-refractivity contribution in [3.8, 4) is 17.3 Å². The molecule has 1 aliphatic rings. The van der Waals surface area contributed by atoms with Crippen LogP contribution in [0.3, 0.4) is 0 Å². The average Bonchev–Trinajstić information content (AvgIpc) is 2.70. The van der Waals surface area contributed by atoms with Gasteiger partial charge in [0.15, 0.2) is 0 Å². The number of nitrogens with one attached hydrogen (secondary N) is 1. The summed E-state index contributed by atoms with van der Waals surface area (Å²) in [6.07, 6.45) is 5.76. The van der Waals surface area contributed by atoms with E-state index in [4.69, 9.17) is 10.2 Å². The summed E-state index contributed by atoms with van der Waals surface area (Å²) < 4.78 is 0. The minimum atomic E-state index is 0.404. The summed E-state index contributed by atoms with van der Waals surface area (Å²) in [5.41, 5.74) is 4.88. The van der Waals surface area contributed by atoms with E-state index < -0.39 is 0 Å². The number of nitrogens with zero attached hydrogens (tertiary/aromatic N) is 5. The minimum absolute atomic E-state index is 0.404. The second kappa shape index (κ2) is 7.06. The topological polar surface area (TPSA) is 77.7 Å². The number of rotatable bonds is 3. The molecule has 1 fully saturated rings. The largest absolute Gasteiger partial charge is 0.380 e. The Bertz CT molecular complexity index is 952. The van der Waals surface area contributed by atoms with Gasteiger partial charge in [0.1, 0.15) is 17.3 Å². The molecule has 1 aliphatic heterocycles. The van der Waals surface area contributed by atoms with Gasteiger partial charge in [0.25, 0.3) is 0 Å². The number of fused-ring (bicyclic) bond motifs is 1. The molecule has 0 unspecified atom stereocenters. The van der Waals surface area contributed by atoms with Gasteiger partial charge in [-0.05, 0) is 63.3 Å². The summed E-state index contributed by atoms with van der Waals surface area (Å²) in [5.74, 6) is 0. The van der Waals surface area contributed by atoms with Gasteiger partial charge in [-0.3, -0.25) is 4.98 Å². The third kappa shape index (κ3) is 3.35. The number of likely N-dealkylation sites (tertiary alicyclic amines) is 1. The van der Waals surface area contributed by atoms with Gasteiger partial charge in [-0.15, -0.1) is 0 Å². The lowest BCUT2D eigenvalue weighted by Gasteiger charge is -2.30. The number of piperidine rings is 1. The van der Waals surface area contributed by atoms with E-state index in [0.29, 0.717) is 11.7 Å². The highest BCUT2D eigenvalue weighted by Gasteiger charge is 2.17. The number of hydrogen-bond donors (Lipinski definition) is 1. The Morgan fingerprint density at radius 3 is 2.69 bits per heavy atom. The van der Waals surface area contributed by atoms with Crippen LogP contribution in [0.1, 0.15) is 18.5 Å². The highest BCUT2D eigenvalue weighted by Crippen LogP contribution is 2.26. The van der Waals surface area contributed by atoms with Crippen molar-refractivity contribution in [2.75, 3.05) is 25.5 Å². The van der Waals surface area contributed by atoms with Crippen LogP contribution in [0.2, 0.25) is 0 Å². The molecule has 0 atom stereocenters.